The monoisotopic (exact) mass is 276 g/mol. The van der Waals surface area contributed by atoms with Crippen LogP contribution in [0.1, 0.15) is 39.5 Å². The first-order valence-corrected chi connectivity index (χ1v) is 7.48. The van der Waals surface area contributed by atoms with Crippen molar-refractivity contribution in [1.29, 1.82) is 0 Å². The van der Waals surface area contributed by atoms with E-state index in [1.165, 1.54) is 24.6 Å². The molecule has 5 nitrogen and oxygen atoms in total. The molecule has 0 radical (unpaired) electrons. The second-order valence-electron chi connectivity index (χ2n) is 4.42. The number of nitrogens with two attached hydrogens (primary N) is 1. The lowest BCUT2D eigenvalue weighted by Crippen LogP contribution is -2.36. The molecule has 0 heterocycles. The lowest BCUT2D eigenvalue weighted by molar-refractivity contribution is -0.138. The number of hydrogen-bond donors (Lipinski definition) is 3. The van der Waals surface area contributed by atoms with E-state index in [1.54, 1.807) is 0 Å². The number of rotatable bonds is 10. The van der Waals surface area contributed by atoms with Crippen molar-refractivity contribution in [3.05, 3.63) is 0 Å². The number of nitrogens with one attached hydrogen (secondary N) is 1. The third kappa shape index (κ3) is 9.30. The molecule has 0 spiro atoms. The number of hydrogen-bond acceptors (Lipinski definition) is 4. The van der Waals surface area contributed by atoms with Gasteiger partial charge in [0, 0.05) is 11.8 Å². The Morgan fingerprint density at radius 2 is 2.06 bits per heavy atom. The molecule has 6 heteroatoms. The first-order chi connectivity index (χ1) is 8.47. The normalized spacial score (nSPS) is 13.9. The van der Waals surface area contributed by atoms with Crippen LogP contribution in [-0.4, -0.2) is 40.6 Å². The second kappa shape index (κ2) is 10.2. The van der Waals surface area contributed by atoms with E-state index in [4.69, 9.17) is 10.8 Å². The minimum Gasteiger partial charge on any atom is -0.480 e. The summed E-state index contributed by atoms with van der Waals surface area (Å²) >= 11 is 1.25. The first-order valence-electron chi connectivity index (χ1n) is 6.32. The van der Waals surface area contributed by atoms with Crippen molar-refractivity contribution in [2.45, 2.75) is 51.6 Å². The molecule has 0 aromatic heterocycles. The Hall–Kier alpha value is -0.750. The number of carbonyl (C=O) groups is 2. The quantitative estimate of drug-likeness (QED) is 0.522. The number of thioether (sulfide) groups is 1. The van der Waals surface area contributed by atoms with E-state index in [-0.39, 0.29) is 23.5 Å². The number of carboxylic acid groups (broad SMARTS) is 1. The first kappa shape index (κ1) is 17.2. The van der Waals surface area contributed by atoms with Gasteiger partial charge in [0.25, 0.3) is 0 Å². The summed E-state index contributed by atoms with van der Waals surface area (Å²) < 4.78 is 0. The SMILES string of the molecule is CCCCCC(C)NC(=O)CSC[C@H](N)C(=O)O. The van der Waals surface area contributed by atoms with Crippen molar-refractivity contribution >= 4 is 23.6 Å². The van der Waals surface area contributed by atoms with E-state index in [0.717, 1.165) is 12.8 Å². The maximum absolute atomic E-state index is 11.5. The van der Waals surface area contributed by atoms with Crippen LogP contribution in [0.25, 0.3) is 0 Å². The molecule has 4 N–H and O–H groups in total. The summed E-state index contributed by atoms with van der Waals surface area (Å²) in [6.45, 7) is 4.13. The largest absolute Gasteiger partial charge is 0.480 e. The van der Waals surface area contributed by atoms with Crippen molar-refractivity contribution in [1.82, 2.24) is 5.32 Å². The summed E-state index contributed by atoms with van der Waals surface area (Å²) in [5.41, 5.74) is 5.33. The standard InChI is InChI=1S/C12H24N2O3S/c1-3-4-5-6-9(2)14-11(15)8-18-7-10(13)12(16)17/h9-10H,3-8,13H2,1-2H3,(H,14,15)(H,16,17)/t9?,10-/m0/s1. The Labute approximate surface area is 113 Å². The van der Waals surface area contributed by atoms with Gasteiger partial charge < -0.3 is 16.2 Å². The molecule has 0 rings (SSSR count). The van der Waals surface area contributed by atoms with Crippen LogP contribution >= 0.6 is 11.8 Å². The number of carboxylic acids is 1. The minimum atomic E-state index is -1.03. The molecule has 0 aliphatic carbocycles. The summed E-state index contributed by atoms with van der Waals surface area (Å²) in [4.78, 5) is 22.0. The number of carbonyl (C=O) groups excluding carboxylic acids is 1. The average molecular weight is 276 g/mol. The van der Waals surface area contributed by atoms with E-state index < -0.39 is 12.0 Å². The van der Waals surface area contributed by atoms with Crippen LogP contribution in [0.15, 0.2) is 0 Å². The van der Waals surface area contributed by atoms with E-state index in [0.29, 0.717) is 0 Å². The van der Waals surface area contributed by atoms with Crippen molar-refractivity contribution in [2.24, 2.45) is 5.73 Å². The van der Waals surface area contributed by atoms with E-state index in [1.807, 2.05) is 6.92 Å². The maximum Gasteiger partial charge on any atom is 0.321 e. The van der Waals surface area contributed by atoms with Crippen molar-refractivity contribution < 1.29 is 14.7 Å². The van der Waals surface area contributed by atoms with Crippen LogP contribution in [0.2, 0.25) is 0 Å². The molecular weight excluding hydrogens is 252 g/mol. The van der Waals surface area contributed by atoms with Gasteiger partial charge in [0.15, 0.2) is 0 Å². The minimum absolute atomic E-state index is 0.0541. The van der Waals surface area contributed by atoms with Crippen LogP contribution in [0.4, 0.5) is 0 Å². The molecule has 1 unspecified atom stereocenters. The van der Waals surface area contributed by atoms with Gasteiger partial charge in [0.2, 0.25) is 5.91 Å². The fourth-order valence-corrected chi connectivity index (χ4v) is 2.22. The molecule has 106 valence electrons. The van der Waals surface area contributed by atoms with Gasteiger partial charge in [-0.05, 0) is 13.3 Å². The van der Waals surface area contributed by atoms with Crippen LogP contribution in [0.5, 0.6) is 0 Å². The van der Waals surface area contributed by atoms with Crippen molar-refractivity contribution in [3.8, 4) is 0 Å². The smallest absolute Gasteiger partial charge is 0.321 e. The predicted octanol–water partition coefficient (Wildman–Crippen LogP) is 1.22. The molecule has 2 atom stereocenters. The van der Waals surface area contributed by atoms with E-state index in [9.17, 15) is 9.59 Å². The molecule has 18 heavy (non-hydrogen) atoms. The van der Waals surface area contributed by atoms with Crippen molar-refractivity contribution in [2.75, 3.05) is 11.5 Å². The highest BCUT2D eigenvalue weighted by molar-refractivity contribution is 8.00. The summed E-state index contributed by atoms with van der Waals surface area (Å²) in [7, 11) is 0. The van der Waals surface area contributed by atoms with Crippen LogP contribution < -0.4 is 11.1 Å². The van der Waals surface area contributed by atoms with Crippen molar-refractivity contribution in [3.63, 3.8) is 0 Å². The van der Waals surface area contributed by atoms with Gasteiger partial charge in [-0.1, -0.05) is 26.2 Å². The fourth-order valence-electron chi connectivity index (χ4n) is 1.44. The summed E-state index contributed by atoms with van der Waals surface area (Å²) in [6.07, 6.45) is 4.46. The van der Waals surface area contributed by atoms with Gasteiger partial charge in [0.05, 0.1) is 5.75 Å². The topological polar surface area (TPSA) is 92.4 Å². The number of amides is 1. The van der Waals surface area contributed by atoms with Gasteiger partial charge in [0.1, 0.15) is 6.04 Å². The number of unbranched alkanes of at least 4 members (excludes halogenated alkanes) is 2. The van der Waals surface area contributed by atoms with Crippen LogP contribution in [-0.2, 0) is 9.59 Å². The third-order valence-corrected chi connectivity index (χ3v) is 3.56. The van der Waals surface area contributed by atoms with Crippen LogP contribution in [0.3, 0.4) is 0 Å². The van der Waals surface area contributed by atoms with Crippen LogP contribution in [0, 0.1) is 0 Å². The fraction of sp³-hybridized carbons (Fsp3) is 0.833. The maximum atomic E-state index is 11.5. The van der Waals surface area contributed by atoms with Gasteiger partial charge in [-0.3, -0.25) is 9.59 Å². The highest BCUT2D eigenvalue weighted by atomic mass is 32.2. The van der Waals surface area contributed by atoms with Gasteiger partial charge in [-0.25, -0.2) is 0 Å². The third-order valence-electron chi connectivity index (χ3n) is 2.50. The Kier molecular flexibility index (Phi) is 9.77. The Balaban J connectivity index is 3.61. The highest BCUT2D eigenvalue weighted by Gasteiger charge is 2.13. The molecule has 0 aliphatic rings. The van der Waals surface area contributed by atoms with Gasteiger partial charge in [-0.15, -0.1) is 11.8 Å². The zero-order chi connectivity index (χ0) is 14.0. The molecular formula is C12H24N2O3S. The Morgan fingerprint density at radius 1 is 1.39 bits per heavy atom. The molecule has 0 fully saturated rings. The second-order valence-corrected chi connectivity index (χ2v) is 5.45. The summed E-state index contributed by atoms with van der Waals surface area (Å²) in [5, 5.41) is 11.5. The van der Waals surface area contributed by atoms with Gasteiger partial charge >= 0.3 is 5.97 Å². The molecule has 0 bridgehead atoms. The Bertz CT molecular complexity index is 262. The lowest BCUT2D eigenvalue weighted by Gasteiger charge is -2.13. The van der Waals surface area contributed by atoms with Gasteiger partial charge in [-0.2, -0.15) is 0 Å². The average Bonchev–Trinajstić information content (AvgIpc) is 2.28. The molecule has 0 saturated heterocycles. The van der Waals surface area contributed by atoms with E-state index >= 15 is 0 Å². The predicted molar refractivity (Wildman–Crippen MR) is 74.7 cm³/mol. The summed E-state index contributed by atoms with van der Waals surface area (Å²) in [6, 6.07) is -0.720. The molecule has 0 aliphatic heterocycles. The molecule has 0 aromatic rings. The highest BCUT2D eigenvalue weighted by Crippen LogP contribution is 2.05. The number of aliphatic carboxylic acids is 1. The summed E-state index contributed by atoms with van der Waals surface area (Å²) in [5.74, 6) is -0.566. The molecule has 0 saturated carbocycles. The molecule has 0 aromatic carbocycles. The zero-order valence-corrected chi connectivity index (χ0v) is 12.0. The Morgan fingerprint density at radius 3 is 2.61 bits per heavy atom. The lowest BCUT2D eigenvalue weighted by atomic mass is 10.1. The molecule has 1 amide bonds. The van der Waals surface area contributed by atoms with E-state index in [2.05, 4.69) is 12.2 Å². The zero-order valence-electron chi connectivity index (χ0n) is 11.1.